The number of rotatable bonds is 5. The van der Waals surface area contributed by atoms with E-state index in [1.165, 1.54) is 0 Å². The van der Waals surface area contributed by atoms with Gasteiger partial charge in [-0.05, 0) is 51.0 Å². The zero-order chi connectivity index (χ0) is 20.8. The van der Waals surface area contributed by atoms with Crippen LogP contribution >= 0.6 is 0 Å². The highest BCUT2D eigenvalue weighted by Crippen LogP contribution is 2.23. The highest BCUT2D eigenvalue weighted by molar-refractivity contribution is 6.66. The second-order valence-corrected chi connectivity index (χ2v) is 6.22. The molecule has 2 aromatic carbocycles. The van der Waals surface area contributed by atoms with E-state index in [-0.39, 0.29) is 12.3 Å². The Bertz CT molecular complexity index is 953. The van der Waals surface area contributed by atoms with Crippen molar-refractivity contribution >= 4 is 29.2 Å². The number of hydrogen-bond acceptors (Lipinski definition) is 4. The minimum absolute atomic E-state index is 0.0133. The first-order chi connectivity index (χ1) is 13.3. The fourth-order valence-corrected chi connectivity index (χ4v) is 3.01. The van der Waals surface area contributed by atoms with E-state index in [4.69, 9.17) is 4.74 Å². The summed E-state index contributed by atoms with van der Waals surface area (Å²) in [6.07, 6.45) is 0. The topological polar surface area (TPSA) is 100 Å². The number of benzene rings is 2. The number of esters is 1. The van der Waals surface area contributed by atoms with Crippen molar-refractivity contribution in [1.29, 1.82) is 0 Å². The Balaban J connectivity index is 2.62. The Morgan fingerprint density at radius 2 is 1.61 bits per heavy atom. The van der Waals surface area contributed by atoms with E-state index in [2.05, 4.69) is 4.79 Å². The smallest absolute Gasteiger partial charge is 0.457 e. The maximum absolute atomic E-state index is 13.4. The lowest BCUT2D eigenvalue weighted by Gasteiger charge is -2.21. The first kappa shape index (κ1) is 20.7. The van der Waals surface area contributed by atoms with Gasteiger partial charge in [-0.1, -0.05) is 35.9 Å². The standard InChI is InChI=1S/C21H21N3O4/c1-5-28-21(27)18(23-22)20(26)24(16-9-7-6-8-10-16)19(25)17-14(3)11-13(2)12-15(17)4/h6-12H,5H2,1-4H3. The number of imide groups is 1. The third-order valence-electron chi connectivity index (χ3n) is 4.08. The molecule has 0 radical (unpaired) electrons. The van der Waals surface area contributed by atoms with Crippen LogP contribution in [0.1, 0.15) is 34.0 Å². The van der Waals surface area contributed by atoms with Gasteiger partial charge in [0.05, 0.1) is 12.3 Å². The lowest BCUT2D eigenvalue weighted by atomic mass is 9.98. The molecule has 0 bridgehead atoms. The molecule has 0 atom stereocenters. The van der Waals surface area contributed by atoms with Crippen LogP contribution in [0.5, 0.6) is 0 Å². The Labute approximate surface area is 163 Å². The molecule has 0 saturated heterocycles. The van der Waals surface area contributed by atoms with Gasteiger partial charge in [-0.2, -0.15) is 4.79 Å². The van der Waals surface area contributed by atoms with E-state index in [0.29, 0.717) is 16.7 Å². The van der Waals surface area contributed by atoms with E-state index in [0.717, 1.165) is 10.5 Å². The summed E-state index contributed by atoms with van der Waals surface area (Å²) in [5, 5.41) is 0. The molecule has 0 aliphatic heterocycles. The van der Waals surface area contributed by atoms with Crippen LogP contribution in [0.25, 0.3) is 5.53 Å². The van der Waals surface area contributed by atoms with Crippen LogP contribution in [0.15, 0.2) is 42.5 Å². The van der Waals surface area contributed by atoms with E-state index in [1.807, 2.05) is 19.1 Å². The predicted octanol–water partition coefficient (Wildman–Crippen LogP) is 3.02. The summed E-state index contributed by atoms with van der Waals surface area (Å²) in [6.45, 7) is 6.99. The molecule has 2 aromatic rings. The normalized spacial score (nSPS) is 10.0. The summed E-state index contributed by atoms with van der Waals surface area (Å²) in [6, 6.07) is 11.8. The Morgan fingerprint density at radius 3 is 2.11 bits per heavy atom. The van der Waals surface area contributed by atoms with Crippen LogP contribution in [-0.4, -0.2) is 34.9 Å². The van der Waals surface area contributed by atoms with E-state index >= 15 is 0 Å². The summed E-state index contributed by atoms with van der Waals surface area (Å²) in [5.41, 5.74) is 11.3. The summed E-state index contributed by atoms with van der Waals surface area (Å²) in [7, 11) is 0. The monoisotopic (exact) mass is 379 g/mol. The summed E-state index contributed by atoms with van der Waals surface area (Å²) in [4.78, 5) is 42.0. The zero-order valence-corrected chi connectivity index (χ0v) is 16.2. The van der Waals surface area contributed by atoms with E-state index < -0.39 is 23.5 Å². The minimum Gasteiger partial charge on any atom is -0.457 e. The number of ether oxygens (including phenoxy) is 1. The fraction of sp³-hybridized carbons (Fsp3) is 0.238. The van der Waals surface area contributed by atoms with Gasteiger partial charge >= 0.3 is 17.6 Å². The van der Waals surface area contributed by atoms with Gasteiger partial charge in [0.25, 0.3) is 5.91 Å². The molecule has 0 aromatic heterocycles. The molecule has 0 spiro atoms. The van der Waals surface area contributed by atoms with E-state index in [9.17, 15) is 19.9 Å². The Morgan fingerprint density at radius 1 is 1.04 bits per heavy atom. The molecule has 144 valence electrons. The maximum atomic E-state index is 13.4. The van der Waals surface area contributed by atoms with Crippen molar-refractivity contribution in [2.45, 2.75) is 27.7 Å². The van der Waals surface area contributed by atoms with Crippen LogP contribution in [0, 0.1) is 20.8 Å². The van der Waals surface area contributed by atoms with Crippen LogP contribution in [0.4, 0.5) is 5.69 Å². The average molecular weight is 379 g/mol. The van der Waals surface area contributed by atoms with Crippen LogP contribution in [0.3, 0.4) is 0 Å². The predicted molar refractivity (Wildman–Crippen MR) is 104 cm³/mol. The number of aryl methyl sites for hydroxylation is 3. The van der Waals surface area contributed by atoms with Crippen molar-refractivity contribution in [2.24, 2.45) is 0 Å². The second-order valence-electron chi connectivity index (χ2n) is 6.22. The van der Waals surface area contributed by atoms with Crippen molar-refractivity contribution in [2.75, 3.05) is 11.5 Å². The van der Waals surface area contributed by atoms with Gasteiger partial charge in [0, 0.05) is 5.56 Å². The van der Waals surface area contributed by atoms with Crippen molar-refractivity contribution in [3.63, 3.8) is 0 Å². The van der Waals surface area contributed by atoms with Gasteiger partial charge in [0.2, 0.25) is 0 Å². The number of amides is 2. The lowest BCUT2D eigenvalue weighted by molar-refractivity contribution is -0.141. The molecule has 2 amide bonds. The van der Waals surface area contributed by atoms with Gasteiger partial charge in [-0.25, -0.2) is 9.69 Å². The van der Waals surface area contributed by atoms with Gasteiger partial charge in [-0.15, -0.1) is 0 Å². The zero-order valence-electron chi connectivity index (χ0n) is 16.2. The summed E-state index contributed by atoms with van der Waals surface area (Å²) >= 11 is 0. The molecule has 0 saturated carbocycles. The number of hydrogen-bond donors (Lipinski definition) is 0. The molecule has 0 heterocycles. The van der Waals surface area contributed by atoms with Crippen molar-refractivity contribution in [1.82, 2.24) is 0 Å². The van der Waals surface area contributed by atoms with Crippen molar-refractivity contribution < 1.29 is 23.9 Å². The third-order valence-corrected chi connectivity index (χ3v) is 4.08. The molecular weight excluding hydrogens is 358 g/mol. The first-order valence-corrected chi connectivity index (χ1v) is 8.72. The van der Waals surface area contributed by atoms with Crippen molar-refractivity contribution in [3.8, 4) is 0 Å². The lowest BCUT2D eigenvalue weighted by Crippen LogP contribution is -2.45. The Hall–Kier alpha value is -3.57. The second kappa shape index (κ2) is 8.88. The number of carbonyl (C=O) groups excluding carboxylic acids is 3. The molecule has 28 heavy (non-hydrogen) atoms. The van der Waals surface area contributed by atoms with Crippen LogP contribution < -0.4 is 4.90 Å². The molecule has 0 aliphatic carbocycles. The SMILES string of the molecule is CCOC(=O)C(=[N+]=[N-])C(=O)N(C(=O)c1c(C)cc(C)cc1C)c1ccccc1. The van der Waals surface area contributed by atoms with Crippen LogP contribution in [0.2, 0.25) is 0 Å². The van der Waals surface area contributed by atoms with Gasteiger partial charge in [-0.3, -0.25) is 9.59 Å². The van der Waals surface area contributed by atoms with Crippen molar-refractivity contribution in [3.05, 3.63) is 70.2 Å². The maximum Gasteiger partial charge on any atom is 0.463 e. The summed E-state index contributed by atoms with van der Waals surface area (Å²) < 4.78 is 4.76. The average Bonchev–Trinajstić information content (AvgIpc) is 2.63. The van der Waals surface area contributed by atoms with E-state index in [1.54, 1.807) is 51.1 Å². The molecule has 7 nitrogen and oxygen atoms in total. The highest BCUT2D eigenvalue weighted by Gasteiger charge is 2.40. The molecule has 2 rings (SSSR count). The molecule has 0 fully saturated rings. The largest absolute Gasteiger partial charge is 0.463 e. The van der Waals surface area contributed by atoms with Gasteiger partial charge in [0.15, 0.2) is 0 Å². The van der Waals surface area contributed by atoms with Crippen LogP contribution in [-0.2, 0) is 14.3 Å². The minimum atomic E-state index is -1.11. The third kappa shape index (κ3) is 4.22. The number of anilines is 1. The fourth-order valence-electron chi connectivity index (χ4n) is 3.01. The quantitative estimate of drug-likeness (QED) is 0.262. The first-order valence-electron chi connectivity index (χ1n) is 8.72. The number of para-hydroxylation sites is 1. The molecule has 0 N–H and O–H groups in total. The summed E-state index contributed by atoms with van der Waals surface area (Å²) in [5.74, 6) is -2.81. The highest BCUT2D eigenvalue weighted by atomic mass is 16.5. The number of nitrogens with zero attached hydrogens (tertiary/aromatic N) is 3. The number of carbonyl (C=O) groups is 3. The molecule has 0 unspecified atom stereocenters. The molecule has 0 aliphatic rings. The van der Waals surface area contributed by atoms with Gasteiger partial charge < -0.3 is 10.3 Å². The molecule has 7 heteroatoms. The van der Waals surface area contributed by atoms with Gasteiger partial charge in [0.1, 0.15) is 0 Å². The Kier molecular flexibility index (Phi) is 6.58. The molecular formula is C21H21N3O4.